The fourth-order valence-electron chi connectivity index (χ4n) is 2.49. The van der Waals surface area contributed by atoms with Crippen LogP contribution in [0.3, 0.4) is 0 Å². The summed E-state index contributed by atoms with van der Waals surface area (Å²) >= 11 is 3.45. The number of hydrogen-bond acceptors (Lipinski definition) is 3. The quantitative estimate of drug-likeness (QED) is 0.887. The van der Waals surface area contributed by atoms with Crippen LogP contribution in [-0.4, -0.2) is 54.3 Å². The molecular formula is C16H22BrN3O2. The van der Waals surface area contributed by atoms with Gasteiger partial charge in [-0.1, -0.05) is 15.9 Å². The summed E-state index contributed by atoms with van der Waals surface area (Å²) in [6, 6.07) is 5.78. The third-order valence-electron chi connectivity index (χ3n) is 3.91. The molecule has 1 aliphatic rings. The van der Waals surface area contributed by atoms with Crippen LogP contribution >= 0.6 is 15.9 Å². The number of carbonyl (C=O) groups is 2. The Balaban J connectivity index is 1.74. The highest BCUT2D eigenvalue weighted by atomic mass is 79.9. The first kappa shape index (κ1) is 17.0. The third kappa shape index (κ3) is 4.81. The van der Waals surface area contributed by atoms with E-state index < -0.39 is 0 Å². The lowest BCUT2D eigenvalue weighted by Crippen LogP contribution is -2.48. The number of nitrogens with zero attached hydrogens (tertiary/aromatic N) is 2. The smallest absolute Gasteiger partial charge is 0.225 e. The lowest BCUT2D eigenvalue weighted by Gasteiger charge is -2.34. The summed E-state index contributed by atoms with van der Waals surface area (Å²) in [6.45, 7) is 7.50. The van der Waals surface area contributed by atoms with Crippen molar-refractivity contribution in [2.24, 2.45) is 0 Å². The Morgan fingerprint density at radius 1 is 1.23 bits per heavy atom. The Labute approximate surface area is 139 Å². The first-order valence-electron chi connectivity index (χ1n) is 7.49. The fourth-order valence-corrected chi connectivity index (χ4v) is 2.74. The number of nitrogens with one attached hydrogen (secondary N) is 1. The monoisotopic (exact) mass is 367 g/mol. The van der Waals surface area contributed by atoms with Gasteiger partial charge in [0.25, 0.3) is 0 Å². The van der Waals surface area contributed by atoms with Gasteiger partial charge in [-0.2, -0.15) is 0 Å². The zero-order valence-corrected chi connectivity index (χ0v) is 14.6. The molecule has 0 unspecified atom stereocenters. The van der Waals surface area contributed by atoms with E-state index in [0.29, 0.717) is 6.42 Å². The van der Waals surface area contributed by atoms with Gasteiger partial charge < -0.3 is 10.2 Å². The summed E-state index contributed by atoms with van der Waals surface area (Å²) in [5.74, 6) is 0.152. The van der Waals surface area contributed by atoms with Crippen molar-refractivity contribution in [2.45, 2.75) is 20.3 Å². The number of piperazine rings is 1. The maximum absolute atomic E-state index is 12.0. The van der Waals surface area contributed by atoms with Crippen LogP contribution in [0.4, 0.5) is 5.69 Å². The molecule has 1 heterocycles. The minimum Gasteiger partial charge on any atom is -0.340 e. The largest absolute Gasteiger partial charge is 0.340 e. The number of hydrogen-bond donors (Lipinski definition) is 1. The molecule has 0 spiro atoms. The Morgan fingerprint density at radius 2 is 1.91 bits per heavy atom. The highest BCUT2D eigenvalue weighted by Crippen LogP contribution is 2.20. The Hall–Kier alpha value is -1.40. The van der Waals surface area contributed by atoms with Crippen LogP contribution < -0.4 is 5.32 Å². The number of anilines is 1. The predicted octanol–water partition coefficient (Wildman–Crippen LogP) is 2.25. The molecule has 2 amide bonds. The molecule has 1 aromatic carbocycles. The molecule has 1 aromatic rings. The average Bonchev–Trinajstić information content (AvgIpc) is 2.49. The number of halogens is 1. The zero-order valence-electron chi connectivity index (χ0n) is 13.1. The van der Waals surface area contributed by atoms with Crippen LogP contribution in [0, 0.1) is 6.92 Å². The van der Waals surface area contributed by atoms with Crippen molar-refractivity contribution in [1.82, 2.24) is 9.80 Å². The molecule has 1 N–H and O–H groups in total. The van der Waals surface area contributed by atoms with Crippen molar-refractivity contribution >= 4 is 33.4 Å². The molecule has 1 saturated heterocycles. The van der Waals surface area contributed by atoms with Gasteiger partial charge in [0.15, 0.2) is 0 Å². The molecule has 0 bridgehead atoms. The van der Waals surface area contributed by atoms with Gasteiger partial charge in [-0.15, -0.1) is 0 Å². The molecule has 6 heteroatoms. The number of carbonyl (C=O) groups excluding carboxylic acids is 2. The van der Waals surface area contributed by atoms with Gasteiger partial charge in [-0.05, 0) is 30.7 Å². The molecule has 1 fully saturated rings. The Bertz CT molecular complexity index is 554. The van der Waals surface area contributed by atoms with E-state index >= 15 is 0 Å². The molecule has 120 valence electrons. The second-order valence-corrected chi connectivity index (χ2v) is 6.46. The van der Waals surface area contributed by atoms with E-state index in [1.54, 1.807) is 6.92 Å². The number of benzene rings is 1. The zero-order chi connectivity index (χ0) is 16.1. The summed E-state index contributed by atoms with van der Waals surface area (Å²) in [5.41, 5.74) is 1.92. The third-order valence-corrected chi connectivity index (χ3v) is 4.80. The van der Waals surface area contributed by atoms with Crippen molar-refractivity contribution in [2.75, 3.05) is 38.0 Å². The van der Waals surface area contributed by atoms with Crippen molar-refractivity contribution in [3.05, 3.63) is 28.2 Å². The van der Waals surface area contributed by atoms with Crippen LogP contribution in [0.2, 0.25) is 0 Å². The van der Waals surface area contributed by atoms with Crippen LogP contribution in [0.15, 0.2) is 22.7 Å². The summed E-state index contributed by atoms with van der Waals surface area (Å²) in [5, 5.41) is 2.93. The average molecular weight is 368 g/mol. The van der Waals surface area contributed by atoms with Crippen molar-refractivity contribution in [1.29, 1.82) is 0 Å². The van der Waals surface area contributed by atoms with Gasteiger partial charge in [-0.3, -0.25) is 14.5 Å². The van der Waals surface area contributed by atoms with E-state index in [1.165, 1.54) is 0 Å². The van der Waals surface area contributed by atoms with Gasteiger partial charge in [0.2, 0.25) is 11.8 Å². The highest BCUT2D eigenvalue weighted by Gasteiger charge is 2.18. The van der Waals surface area contributed by atoms with Gasteiger partial charge in [0.1, 0.15) is 0 Å². The maximum Gasteiger partial charge on any atom is 0.225 e. The molecular weight excluding hydrogens is 346 g/mol. The summed E-state index contributed by atoms with van der Waals surface area (Å²) in [4.78, 5) is 27.4. The second-order valence-electron chi connectivity index (χ2n) is 5.61. The molecule has 0 atom stereocenters. The standard InChI is InChI=1S/C16H22BrN3O2/c1-12-11-14(3-4-15(12)17)18-16(22)5-6-19-7-9-20(10-8-19)13(2)21/h3-4,11H,5-10H2,1-2H3,(H,18,22). The first-order valence-corrected chi connectivity index (χ1v) is 8.29. The summed E-state index contributed by atoms with van der Waals surface area (Å²) < 4.78 is 1.04. The molecule has 5 nitrogen and oxygen atoms in total. The minimum atomic E-state index is 0.0238. The van der Waals surface area contributed by atoms with Gasteiger partial charge in [0.05, 0.1) is 0 Å². The van der Waals surface area contributed by atoms with Gasteiger partial charge in [0, 0.05) is 56.2 Å². The minimum absolute atomic E-state index is 0.0238. The number of amides is 2. The molecule has 2 rings (SSSR count). The van der Waals surface area contributed by atoms with E-state index in [0.717, 1.165) is 48.4 Å². The highest BCUT2D eigenvalue weighted by molar-refractivity contribution is 9.10. The second kappa shape index (κ2) is 7.74. The lowest BCUT2D eigenvalue weighted by molar-refractivity contribution is -0.130. The normalized spacial score (nSPS) is 15.7. The van der Waals surface area contributed by atoms with Crippen LogP contribution in [0.1, 0.15) is 18.9 Å². The van der Waals surface area contributed by atoms with Crippen molar-refractivity contribution in [3.63, 3.8) is 0 Å². The van der Waals surface area contributed by atoms with Gasteiger partial charge >= 0.3 is 0 Å². The van der Waals surface area contributed by atoms with Crippen molar-refractivity contribution < 1.29 is 9.59 Å². The molecule has 0 radical (unpaired) electrons. The van der Waals surface area contributed by atoms with E-state index in [1.807, 2.05) is 30.0 Å². The van der Waals surface area contributed by atoms with Crippen LogP contribution in [-0.2, 0) is 9.59 Å². The lowest BCUT2D eigenvalue weighted by atomic mass is 10.2. The topological polar surface area (TPSA) is 52.7 Å². The fraction of sp³-hybridized carbons (Fsp3) is 0.500. The Kier molecular flexibility index (Phi) is 5.97. The molecule has 22 heavy (non-hydrogen) atoms. The van der Waals surface area contributed by atoms with E-state index in [-0.39, 0.29) is 11.8 Å². The summed E-state index contributed by atoms with van der Waals surface area (Å²) in [7, 11) is 0. The van der Waals surface area contributed by atoms with E-state index in [4.69, 9.17) is 0 Å². The SMILES string of the molecule is CC(=O)N1CCN(CCC(=O)Nc2ccc(Br)c(C)c2)CC1. The van der Waals surface area contributed by atoms with E-state index in [2.05, 4.69) is 26.1 Å². The van der Waals surface area contributed by atoms with Crippen LogP contribution in [0.25, 0.3) is 0 Å². The van der Waals surface area contributed by atoms with Gasteiger partial charge in [-0.25, -0.2) is 0 Å². The number of aryl methyl sites for hydroxylation is 1. The molecule has 0 aromatic heterocycles. The number of rotatable bonds is 4. The van der Waals surface area contributed by atoms with Crippen molar-refractivity contribution in [3.8, 4) is 0 Å². The van der Waals surface area contributed by atoms with E-state index in [9.17, 15) is 9.59 Å². The van der Waals surface area contributed by atoms with Crippen LogP contribution in [0.5, 0.6) is 0 Å². The first-order chi connectivity index (χ1) is 10.5. The maximum atomic E-state index is 12.0. The molecule has 1 aliphatic heterocycles. The predicted molar refractivity (Wildman–Crippen MR) is 90.8 cm³/mol. The Morgan fingerprint density at radius 3 is 2.50 bits per heavy atom. The molecule has 0 aliphatic carbocycles. The summed E-state index contributed by atoms with van der Waals surface area (Å²) in [6.07, 6.45) is 0.467. The molecule has 0 saturated carbocycles.